The molecule has 3 aromatic carbocycles. The van der Waals surface area contributed by atoms with Crippen LogP contribution in [0.2, 0.25) is 0 Å². The number of hydrogen-bond acceptors (Lipinski definition) is 4. The lowest BCUT2D eigenvalue weighted by Crippen LogP contribution is -2.19. The zero-order valence-corrected chi connectivity index (χ0v) is 18.7. The van der Waals surface area contributed by atoms with Gasteiger partial charge in [0.05, 0.1) is 12.4 Å². The molecule has 0 radical (unpaired) electrons. The molecule has 0 unspecified atom stereocenters. The molecule has 150 valence electrons. The number of rotatable bonds is 6. The minimum absolute atomic E-state index is 0.372. The van der Waals surface area contributed by atoms with Crippen molar-refractivity contribution in [3.05, 3.63) is 104 Å². The highest BCUT2D eigenvalue weighted by atomic mass is 79.9. The van der Waals surface area contributed by atoms with Crippen molar-refractivity contribution in [2.45, 2.75) is 0 Å². The molecule has 0 aliphatic carbocycles. The predicted molar refractivity (Wildman–Crippen MR) is 125 cm³/mol. The third-order valence-electron chi connectivity index (χ3n) is 3.91. The number of amides is 2. The third kappa shape index (κ3) is 6.47. The molecule has 3 aromatic rings. The molecule has 0 aromatic heterocycles. The molecule has 2 N–H and O–H groups in total. The summed E-state index contributed by atoms with van der Waals surface area (Å²) in [5.74, 6) is -0.743. The summed E-state index contributed by atoms with van der Waals surface area (Å²) in [6.07, 6.45) is 3.10. The van der Waals surface area contributed by atoms with Crippen LogP contribution in [0.4, 0.5) is 0 Å². The van der Waals surface area contributed by atoms with Crippen molar-refractivity contribution in [2.24, 2.45) is 10.2 Å². The van der Waals surface area contributed by atoms with Crippen molar-refractivity contribution in [3.63, 3.8) is 0 Å². The number of hydrogen-bond donors (Lipinski definition) is 2. The lowest BCUT2D eigenvalue weighted by atomic mass is 10.1. The Morgan fingerprint density at radius 1 is 0.600 bits per heavy atom. The van der Waals surface area contributed by atoms with E-state index in [9.17, 15) is 9.59 Å². The summed E-state index contributed by atoms with van der Waals surface area (Å²) in [6.45, 7) is 0. The van der Waals surface area contributed by atoms with E-state index in [1.807, 2.05) is 48.5 Å². The van der Waals surface area contributed by atoms with Gasteiger partial charge in [0, 0.05) is 20.1 Å². The average Bonchev–Trinajstić information content (AvgIpc) is 2.76. The summed E-state index contributed by atoms with van der Waals surface area (Å²) >= 11 is 6.72. The predicted octanol–water partition coefficient (Wildman–Crippen LogP) is 4.74. The highest BCUT2D eigenvalue weighted by Crippen LogP contribution is 2.10. The largest absolute Gasteiger partial charge is 0.271 e. The van der Waals surface area contributed by atoms with Gasteiger partial charge in [-0.05, 0) is 59.7 Å². The second-order valence-corrected chi connectivity index (χ2v) is 7.91. The fourth-order valence-corrected chi connectivity index (χ4v) is 2.86. The van der Waals surface area contributed by atoms with Crippen LogP contribution in [0.5, 0.6) is 0 Å². The van der Waals surface area contributed by atoms with E-state index in [2.05, 4.69) is 52.9 Å². The molecule has 0 fully saturated rings. The summed E-state index contributed by atoms with van der Waals surface area (Å²) in [5, 5.41) is 7.88. The van der Waals surface area contributed by atoms with Crippen LogP contribution >= 0.6 is 31.9 Å². The van der Waals surface area contributed by atoms with Crippen LogP contribution in [-0.2, 0) is 0 Å². The lowest BCUT2D eigenvalue weighted by molar-refractivity contribution is 0.0943. The molecular formula is C22H16Br2N4O2. The minimum Gasteiger partial charge on any atom is -0.267 e. The molecule has 0 heterocycles. The van der Waals surface area contributed by atoms with Crippen LogP contribution in [0, 0.1) is 0 Å². The molecule has 0 saturated heterocycles. The van der Waals surface area contributed by atoms with Gasteiger partial charge in [-0.2, -0.15) is 10.2 Å². The summed E-state index contributed by atoms with van der Waals surface area (Å²) in [5.41, 5.74) is 7.40. The van der Waals surface area contributed by atoms with Crippen molar-refractivity contribution in [2.75, 3.05) is 0 Å². The van der Waals surface area contributed by atoms with E-state index in [1.165, 1.54) is 0 Å². The van der Waals surface area contributed by atoms with Crippen molar-refractivity contribution in [3.8, 4) is 0 Å². The maximum Gasteiger partial charge on any atom is 0.271 e. The Morgan fingerprint density at radius 2 is 0.933 bits per heavy atom. The van der Waals surface area contributed by atoms with Gasteiger partial charge in [0.25, 0.3) is 11.8 Å². The molecule has 2 amide bonds. The Balaban J connectivity index is 1.53. The smallest absolute Gasteiger partial charge is 0.267 e. The summed E-state index contributed by atoms with van der Waals surface area (Å²) in [4.78, 5) is 24.3. The fraction of sp³-hybridized carbons (Fsp3) is 0. The first-order valence-corrected chi connectivity index (χ1v) is 10.4. The first kappa shape index (κ1) is 21.6. The van der Waals surface area contributed by atoms with Crippen LogP contribution in [0.3, 0.4) is 0 Å². The molecule has 3 rings (SSSR count). The van der Waals surface area contributed by atoms with E-state index < -0.39 is 0 Å². The van der Waals surface area contributed by atoms with E-state index in [4.69, 9.17) is 0 Å². The van der Waals surface area contributed by atoms with Crippen molar-refractivity contribution >= 4 is 56.1 Å². The van der Waals surface area contributed by atoms with E-state index in [-0.39, 0.29) is 11.8 Å². The highest BCUT2D eigenvalue weighted by Gasteiger charge is 2.08. The maximum absolute atomic E-state index is 12.2. The van der Waals surface area contributed by atoms with Crippen LogP contribution < -0.4 is 10.9 Å². The highest BCUT2D eigenvalue weighted by molar-refractivity contribution is 9.10. The molecule has 0 aliphatic heterocycles. The second-order valence-electron chi connectivity index (χ2n) is 6.08. The van der Waals surface area contributed by atoms with Crippen LogP contribution in [0.1, 0.15) is 31.8 Å². The summed E-state index contributed by atoms with van der Waals surface area (Å²) in [6, 6.07) is 21.2. The Labute approximate surface area is 190 Å². The summed E-state index contributed by atoms with van der Waals surface area (Å²) < 4.78 is 1.93. The second kappa shape index (κ2) is 10.6. The Morgan fingerprint density at radius 3 is 1.27 bits per heavy atom. The maximum atomic E-state index is 12.2. The number of benzene rings is 3. The van der Waals surface area contributed by atoms with E-state index >= 15 is 0 Å². The molecule has 6 nitrogen and oxygen atoms in total. The van der Waals surface area contributed by atoms with Crippen LogP contribution in [-0.4, -0.2) is 24.2 Å². The minimum atomic E-state index is -0.372. The number of carbonyl (C=O) groups is 2. The number of nitrogens with zero attached hydrogens (tertiary/aromatic N) is 2. The van der Waals surface area contributed by atoms with Gasteiger partial charge in [-0.25, -0.2) is 10.9 Å². The first-order chi connectivity index (χ1) is 14.5. The van der Waals surface area contributed by atoms with Gasteiger partial charge in [0.15, 0.2) is 0 Å². The van der Waals surface area contributed by atoms with Gasteiger partial charge in [0.1, 0.15) is 0 Å². The lowest BCUT2D eigenvalue weighted by Gasteiger charge is -2.03. The molecule has 8 heteroatoms. The van der Waals surface area contributed by atoms with Gasteiger partial charge in [-0.1, -0.05) is 56.1 Å². The SMILES string of the molecule is O=C(NN=Cc1ccc(Br)cc1)c1ccc(C(=O)NN=Cc2ccc(Br)cc2)cc1. The number of hydrazone groups is 2. The molecule has 0 saturated carbocycles. The van der Waals surface area contributed by atoms with E-state index in [0.29, 0.717) is 11.1 Å². The zero-order valence-electron chi connectivity index (χ0n) is 15.5. The molecule has 30 heavy (non-hydrogen) atoms. The fourth-order valence-electron chi connectivity index (χ4n) is 2.33. The van der Waals surface area contributed by atoms with Crippen molar-refractivity contribution in [1.29, 1.82) is 0 Å². The molecule has 0 bridgehead atoms. The molecule has 0 aliphatic rings. The van der Waals surface area contributed by atoms with Gasteiger partial charge in [-0.15, -0.1) is 0 Å². The Kier molecular flexibility index (Phi) is 7.64. The average molecular weight is 528 g/mol. The summed E-state index contributed by atoms with van der Waals surface area (Å²) in [7, 11) is 0. The molecular weight excluding hydrogens is 512 g/mol. The molecule has 0 spiro atoms. The third-order valence-corrected chi connectivity index (χ3v) is 4.97. The van der Waals surface area contributed by atoms with E-state index in [1.54, 1.807) is 36.7 Å². The Hall–Kier alpha value is -3.10. The number of halogens is 2. The zero-order chi connectivity index (χ0) is 21.3. The van der Waals surface area contributed by atoms with Gasteiger partial charge >= 0.3 is 0 Å². The van der Waals surface area contributed by atoms with Crippen molar-refractivity contribution < 1.29 is 9.59 Å². The number of nitrogens with one attached hydrogen (secondary N) is 2. The first-order valence-electron chi connectivity index (χ1n) is 8.79. The quantitative estimate of drug-likeness (QED) is 0.358. The van der Waals surface area contributed by atoms with Gasteiger partial charge < -0.3 is 0 Å². The Bertz CT molecular complexity index is 989. The van der Waals surface area contributed by atoms with E-state index in [0.717, 1.165) is 20.1 Å². The van der Waals surface area contributed by atoms with Gasteiger partial charge in [-0.3, -0.25) is 9.59 Å². The standard InChI is InChI=1S/C22H16Br2N4O2/c23-19-9-1-15(2-10-19)13-25-27-21(29)17-5-7-18(8-6-17)22(30)28-26-14-16-3-11-20(24)12-4-16/h1-14H,(H,27,29)(H,28,30). The van der Waals surface area contributed by atoms with Crippen LogP contribution in [0.15, 0.2) is 91.9 Å². The number of carbonyl (C=O) groups excluding carboxylic acids is 2. The van der Waals surface area contributed by atoms with Crippen LogP contribution in [0.25, 0.3) is 0 Å². The monoisotopic (exact) mass is 526 g/mol. The normalized spacial score (nSPS) is 11.0. The van der Waals surface area contributed by atoms with Gasteiger partial charge in [0.2, 0.25) is 0 Å². The van der Waals surface area contributed by atoms with Crippen molar-refractivity contribution in [1.82, 2.24) is 10.9 Å². The topological polar surface area (TPSA) is 82.9 Å². The molecule has 0 atom stereocenters.